The maximum atomic E-state index is 6.57. The Morgan fingerprint density at radius 1 is 0.327 bits per heavy atom. The molecule has 0 spiro atoms. The Hall–Kier alpha value is -6.65. The van der Waals surface area contributed by atoms with Crippen LogP contribution in [0.25, 0.3) is 99.5 Å². The molecule has 228 valence electrons. The number of fused-ring (bicyclic) bond motifs is 7. The van der Waals surface area contributed by atoms with Gasteiger partial charge in [-0.25, -0.2) is 15.0 Å². The number of rotatable bonds is 4. The van der Waals surface area contributed by atoms with Gasteiger partial charge in [0.05, 0.1) is 0 Å². The van der Waals surface area contributed by atoms with Crippen molar-refractivity contribution in [3.8, 4) is 45.3 Å². The van der Waals surface area contributed by atoms with Gasteiger partial charge in [-0.1, -0.05) is 133 Å². The maximum absolute atomic E-state index is 6.57. The Morgan fingerprint density at radius 2 is 0.959 bits per heavy atom. The molecule has 0 fully saturated rings. The van der Waals surface area contributed by atoms with Gasteiger partial charge in [0, 0.05) is 32.8 Å². The SMILES string of the molecule is c1ccc(-c2cc3c4cc(-c5nc(-c6ccc7ccccc7c6)nc(-c6cccc7ccccc67)n5)ccc4oc3c3ccccc23)cc1. The van der Waals surface area contributed by atoms with Crippen molar-refractivity contribution < 1.29 is 4.42 Å². The van der Waals surface area contributed by atoms with Gasteiger partial charge in [-0.15, -0.1) is 0 Å². The van der Waals surface area contributed by atoms with Crippen LogP contribution in [0.3, 0.4) is 0 Å². The zero-order valence-corrected chi connectivity index (χ0v) is 26.3. The minimum Gasteiger partial charge on any atom is -0.455 e. The van der Waals surface area contributed by atoms with Crippen molar-refractivity contribution in [3.63, 3.8) is 0 Å². The van der Waals surface area contributed by atoms with Gasteiger partial charge in [0.2, 0.25) is 0 Å². The number of hydrogen-bond acceptors (Lipinski definition) is 4. The third kappa shape index (κ3) is 4.57. The van der Waals surface area contributed by atoms with Gasteiger partial charge in [-0.05, 0) is 68.4 Å². The second-order valence-corrected chi connectivity index (χ2v) is 12.4. The monoisotopic (exact) mass is 625 g/mol. The molecule has 10 aromatic rings. The van der Waals surface area contributed by atoms with Gasteiger partial charge in [-0.2, -0.15) is 0 Å². The van der Waals surface area contributed by atoms with E-state index in [0.717, 1.165) is 65.6 Å². The second-order valence-electron chi connectivity index (χ2n) is 12.4. The maximum Gasteiger partial charge on any atom is 0.164 e. The van der Waals surface area contributed by atoms with Crippen molar-refractivity contribution >= 4 is 54.3 Å². The summed E-state index contributed by atoms with van der Waals surface area (Å²) in [6.07, 6.45) is 0. The van der Waals surface area contributed by atoms with E-state index in [2.05, 4.69) is 158 Å². The lowest BCUT2D eigenvalue weighted by Gasteiger charge is -2.11. The molecule has 0 aliphatic heterocycles. The minimum atomic E-state index is 0.612. The summed E-state index contributed by atoms with van der Waals surface area (Å²) < 4.78 is 6.57. The first kappa shape index (κ1) is 27.5. The van der Waals surface area contributed by atoms with Crippen LogP contribution in [0.15, 0.2) is 168 Å². The van der Waals surface area contributed by atoms with Crippen molar-refractivity contribution in [3.05, 3.63) is 164 Å². The van der Waals surface area contributed by atoms with Crippen LogP contribution in [0.4, 0.5) is 0 Å². The lowest BCUT2D eigenvalue weighted by molar-refractivity contribution is 0.672. The Balaban J connectivity index is 1.22. The largest absolute Gasteiger partial charge is 0.455 e. The summed E-state index contributed by atoms with van der Waals surface area (Å²) >= 11 is 0. The molecule has 0 saturated heterocycles. The summed E-state index contributed by atoms with van der Waals surface area (Å²) in [7, 11) is 0. The zero-order valence-electron chi connectivity index (χ0n) is 26.3. The Morgan fingerprint density at radius 3 is 1.80 bits per heavy atom. The molecular formula is C45H27N3O. The fourth-order valence-electron chi connectivity index (χ4n) is 7.10. The highest BCUT2D eigenvalue weighted by molar-refractivity contribution is 6.19. The van der Waals surface area contributed by atoms with Crippen LogP contribution in [0, 0.1) is 0 Å². The van der Waals surface area contributed by atoms with Crippen molar-refractivity contribution in [2.24, 2.45) is 0 Å². The highest BCUT2D eigenvalue weighted by atomic mass is 16.3. The number of nitrogens with zero attached hydrogens (tertiary/aromatic N) is 3. The van der Waals surface area contributed by atoms with Crippen LogP contribution in [-0.4, -0.2) is 15.0 Å². The van der Waals surface area contributed by atoms with Gasteiger partial charge < -0.3 is 4.42 Å². The van der Waals surface area contributed by atoms with Crippen LogP contribution in [0.1, 0.15) is 0 Å². The first-order valence-corrected chi connectivity index (χ1v) is 16.4. The van der Waals surface area contributed by atoms with E-state index in [1.165, 1.54) is 16.5 Å². The molecule has 8 aromatic carbocycles. The summed E-state index contributed by atoms with van der Waals surface area (Å²) in [6, 6.07) is 56.9. The van der Waals surface area contributed by atoms with Gasteiger partial charge in [-0.3, -0.25) is 0 Å². The molecule has 0 atom stereocenters. The summed E-state index contributed by atoms with van der Waals surface area (Å²) in [6.45, 7) is 0. The topological polar surface area (TPSA) is 51.8 Å². The van der Waals surface area contributed by atoms with E-state index in [1.807, 2.05) is 6.07 Å². The standard InChI is InChI=1S/C45H27N3O/c1-2-12-30(13-3-1)38-27-40-39-26-33(23-24-41(39)49-42(40)36-19-9-8-18-35(36)38)44-46-43(32-22-21-28-11-4-5-15-31(28)25-32)47-45(48-44)37-20-10-16-29-14-6-7-17-34(29)37/h1-27H. The van der Waals surface area contributed by atoms with Gasteiger partial charge >= 0.3 is 0 Å². The lowest BCUT2D eigenvalue weighted by atomic mass is 9.95. The molecule has 4 nitrogen and oxygen atoms in total. The predicted octanol–water partition coefficient (Wildman–Crippen LogP) is 11.9. The Kier molecular flexibility index (Phi) is 6.15. The number of benzene rings is 8. The number of aromatic nitrogens is 3. The van der Waals surface area contributed by atoms with Crippen molar-refractivity contribution in [1.29, 1.82) is 0 Å². The molecule has 49 heavy (non-hydrogen) atoms. The average molecular weight is 626 g/mol. The normalized spacial score (nSPS) is 11.7. The highest BCUT2D eigenvalue weighted by Crippen LogP contribution is 2.41. The van der Waals surface area contributed by atoms with E-state index < -0.39 is 0 Å². The molecular weight excluding hydrogens is 599 g/mol. The third-order valence-electron chi connectivity index (χ3n) is 9.49. The van der Waals surface area contributed by atoms with E-state index in [9.17, 15) is 0 Å². The van der Waals surface area contributed by atoms with Crippen molar-refractivity contribution in [2.75, 3.05) is 0 Å². The molecule has 0 N–H and O–H groups in total. The van der Waals surface area contributed by atoms with Crippen LogP contribution >= 0.6 is 0 Å². The molecule has 0 radical (unpaired) electrons. The van der Waals surface area contributed by atoms with E-state index >= 15 is 0 Å². The van der Waals surface area contributed by atoms with Gasteiger partial charge in [0.25, 0.3) is 0 Å². The summed E-state index contributed by atoms with van der Waals surface area (Å²) in [5.41, 5.74) is 6.86. The third-order valence-corrected chi connectivity index (χ3v) is 9.49. The molecule has 4 heteroatoms. The van der Waals surface area contributed by atoms with Crippen LogP contribution in [0.5, 0.6) is 0 Å². The highest BCUT2D eigenvalue weighted by Gasteiger charge is 2.18. The van der Waals surface area contributed by atoms with Crippen LogP contribution in [0.2, 0.25) is 0 Å². The molecule has 10 rings (SSSR count). The fourth-order valence-corrected chi connectivity index (χ4v) is 7.10. The van der Waals surface area contributed by atoms with Crippen LogP contribution in [-0.2, 0) is 0 Å². The molecule has 0 saturated carbocycles. The van der Waals surface area contributed by atoms with Crippen LogP contribution < -0.4 is 0 Å². The van der Waals surface area contributed by atoms with Crippen molar-refractivity contribution in [2.45, 2.75) is 0 Å². The van der Waals surface area contributed by atoms with Gasteiger partial charge in [0.15, 0.2) is 17.5 Å². The Labute approximate surface area is 282 Å². The molecule has 0 bridgehead atoms. The first-order valence-electron chi connectivity index (χ1n) is 16.4. The quantitative estimate of drug-likeness (QED) is 0.195. The molecule has 2 aromatic heterocycles. The summed E-state index contributed by atoms with van der Waals surface area (Å²) in [4.78, 5) is 15.4. The Bertz CT molecular complexity index is 2890. The summed E-state index contributed by atoms with van der Waals surface area (Å²) in [5, 5.41) is 8.90. The van der Waals surface area contributed by atoms with E-state index in [-0.39, 0.29) is 0 Å². The lowest BCUT2D eigenvalue weighted by Crippen LogP contribution is -2.00. The van der Waals surface area contributed by atoms with E-state index in [4.69, 9.17) is 19.4 Å². The zero-order chi connectivity index (χ0) is 32.3. The predicted molar refractivity (Wildman–Crippen MR) is 201 cm³/mol. The number of furan rings is 1. The second kappa shape index (κ2) is 11.0. The van der Waals surface area contributed by atoms with E-state index in [0.29, 0.717) is 17.5 Å². The molecule has 0 aliphatic carbocycles. The summed E-state index contributed by atoms with van der Waals surface area (Å²) in [5.74, 6) is 1.88. The molecule has 0 aliphatic rings. The minimum absolute atomic E-state index is 0.612. The number of hydrogen-bond donors (Lipinski definition) is 0. The smallest absolute Gasteiger partial charge is 0.164 e. The van der Waals surface area contributed by atoms with Gasteiger partial charge in [0.1, 0.15) is 11.2 Å². The molecule has 2 heterocycles. The van der Waals surface area contributed by atoms with Crippen molar-refractivity contribution in [1.82, 2.24) is 15.0 Å². The fraction of sp³-hybridized carbons (Fsp3) is 0. The van der Waals surface area contributed by atoms with E-state index in [1.54, 1.807) is 0 Å². The molecule has 0 amide bonds. The average Bonchev–Trinajstić information content (AvgIpc) is 3.55. The first-order chi connectivity index (χ1) is 24.3. The molecule has 0 unspecified atom stereocenters.